The Morgan fingerprint density at radius 2 is 2.53 bits per heavy atom. The molecular weight excluding hydrogens is 194 g/mol. The summed E-state index contributed by atoms with van der Waals surface area (Å²) in [5.74, 6) is -0.920. The number of ether oxygens (including phenoxy) is 1. The maximum atomic E-state index is 10.9. The highest BCUT2D eigenvalue weighted by atomic mass is 16.5. The lowest BCUT2D eigenvalue weighted by atomic mass is 10.1. The summed E-state index contributed by atoms with van der Waals surface area (Å²) < 4.78 is 5.46. The lowest BCUT2D eigenvalue weighted by Crippen LogP contribution is -2.14. The van der Waals surface area contributed by atoms with Crippen LogP contribution < -0.4 is 0 Å². The van der Waals surface area contributed by atoms with Crippen LogP contribution in [0.4, 0.5) is 0 Å². The first-order valence-corrected chi connectivity index (χ1v) is 5.06. The largest absolute Gasteiger partial charge is 0.478 e. The quantitative estimate of drug-likeness (QED) is 0.816. The molecule has 15 heavy (non-hydrogen) atoms. The van der Waals surface area contributed by atoms with E-state index >= 15 is 0 Å². The number of aromatic carboxylic acids is 1. The van der Waals surface area contributed by atoms with E-state index in [2.05, 4.69) is 4.98 Å². The molecule has 0 spiro atoms. The average Bonchev–Trinajstić information content (AvgIpc) is 2.71. The molecule has 2 rings (SSSR count). The molecule has 1 N–H and O–H groups in total. The second-order valence-corrected chi connectivity index (χ2v) is 3.64. The van der Waals surface area contributed by atoms with Crippen molar-refractivity contribution >= 4 is 5.97 Å². The number of pyridine rings is 1. The van der Waals surface area contributed by atoms with E-state index < -0.39 is 5.97 Å². The number of hydrogen-bond acceptors (Lipinski definition) is 3. The molecule has 1 fully saturated rings. The summed E-state index contributed by atoms with van der Waals surface area (Å²) >= 11 is 0. The summed E-state index contributed by atoms with van der Waals surface area (Å²) in [5, 5.41) is 8.96. The Kier molecular flexibility index (Phi) is 2.97. The van der Waals surface area contributed by atoms with Gasteiger partial charge in [0.1, 0.15) is 0 Å². The second-order valence-electron chi connectivity index (χ2n) is 3.64. The first-order valence-electron chi connectivity index (χ1n) is 5.06. The fourth-order valence-corrected chi connectivity index (χ4v) is 1.82. The molecule has 0 amide bonds. The van der Waals surface area contributed by atoms with E-state index in [9.17, 15) is 4.79 Å². The monoisotopic (exact) mass is 207 g/mol. The number of hydrogen-bond donors (Lipinski definition) is 1. The molecule has 1 aromatic heterocycles. The van der Waals surface area contributed by atoms with Crippen molar-refractivity contribution in [1.82, 2.24) is 4.98 Å². The van der Waals surface area contributed by atoms with E-state index in [1.54, 1.807) is 18.3 Å². The van der Waals surface area contributed by atoms with Gasteiger partial charge in [0.2, 0.25) is 0 Å². The third kappa shape index (κ3) is 2.33. The zero-order valence-electron chi connectivity index (χ0n) is 8.35. The van der Waals surface area contributed by atoms with Crippen LogP contribution in [0.3, 0.4) is 0 Å². The normalized spacial score (nSPS) is 20.4. The summed E-state index contributed by atoms with van der Waals surface area (Å²) in [7, 11) is 0. The predicted molar refractivity (Wildman–Crippen MR) is 53.9 cm³/mol. The molecule has 4 heteroatoms. The summed E-state index contributed by atoms with van der Waals surface area (Å²) in [5.41, 5.74) is 0.907. The Morgan fingerprint density at radius 1 is 1.67 bits per heavy atom. The molecule has 1 unspecified atom stereocenters. The number of aromatic nitrogens is 1. The van der Waals surface area contributed by atoms with Crippen LogP contribution in [0.1, 0.15) is 28.9 Å². The fraction of sp³-hybridized carbons (Fsp3) is 0.455. The minimum absolute atomic E-state index is 0.137. The molecule has 0 aliphatic carbocycles. The van der Waals surface area contributed by atoms with Gasteiger partial charge in [-0.25, -0.2) is 4.79 Å². The van der Waals surface area contributed by atoms with Gasteiger partial charge in [0, 0.05) is 19.2 Å². The van der Waals surface area contributed by atoms with Gasteiger partial charge < -0.3 is 9.84 Å². The Hall–Kier alpha value is -1.42. The molecule has 0 bridgehead atoms. The Morgan fingerprint density at radius 3 is 3.20 bits per heavy atom. The summed E-state index contributed by atoms with van der Waals surface area (Å²) in [6, 6.07) is 3.22. The van der Waals surface area contributed by atoms with Crippen molar-refractivity contribution in [3.8, 4) is 0 Å². The highest BCUT2D eigenvalue weighted by molar-refractivity contribution is 5.88. The standard InChI is InChI=1S/C11H13NO3/c13-11(14)9-4-1-5-12-10(9)7-8-3-2-6-15-8/h1,4-5,8H,2-3,6-7H2,(H,13,14). The maximum absolute atomic E-state index is 10.9. The molecule has 2 heterocycles. The topological polar surface area (TPSA) is 59.4 Å². The average molecular weight is 207 g/mol. The molecule has 0 aromatic carbocycles. The van der Waals surface area contributed by atoms with Gasteiger partial charge in [-0.05, 0) is 25.0 Å². The lowest BCUT2D eigenvalue weighted by Gasteiger charge is -2.10. The number of rotatable bonds is 3. The highest BCUT2D eigenvalue weighted by Crippen LogP contribution is 2.18. The van der Waals surface area contributed by atoms with Gasteiger partial charge in [-0.3, -0.25) is 4.98 Å². The Balaban J connectivity index is 2.15. The van der Waals surface area contributed by atoms with Crippen LogP contribution in [-0.4, -0.2) is 28.8 Å². The van der Waals surface area contributed by atoms with Crippen LogP contribution in [0, 0.1) is 0 Å². The van der Waals surface area contributed by atoms with Gasteiger partial charge in [0.25, 0.3) is 0 Å². The van der Waals surface area contributed by atoms with Crippen LogP contribution in [0.25, 0.3) is 0 Å². The van der Waals surface area contributed by atoms with Crippen LogP contribution in [0.2, 0.25) is 0 Å². The summed E-state index contributed by atoms with van der Waals surface area (Å²) in [6.07, 6.45) is 4.41. The molecule has 1 aliphatic rings. The molecular formula is C11H13NO3. The van der Waals surface area contributed by atoms with E-state index in [1.807, 2.05) is 0 Å². The van der Waals surface area contributed by atoms with Crippen molar-refractivity contribution in [2.45, 2.75) is 25.4 Å². The van der Waals surface area contributed by atoms with Crippen molar-refractivity contribution in [2.24, 2.45) is 0 Å². The van der Waals surface area contributed by atoms with Crippen molar-refractivity contribution < 1.29 is 14.6 Å². The fourth-order valence-electron chi connectivity index (χ4n) is 1.82. The van der Waals surface area contributed by atoms with Crippen LogP contribution >= 0.6 is 0 Å². The van der Waals surface area contributed by atoms with Crippen LogP contribution in [-0.2, 0) is 11.2 Å². The minimum atomic E-state index is -0.920. The highest BCUT2D eigenvalue weighted by Gasteiger charge is 2.19. The van der Waals surface area contributed by atoms with Gasteiger partial charge in [-0.15, -0.1) is 0 Å². The van der Waals surface area contributed by atoms with Crippen LogP contribution in [0.5, 0.6) is 0 Å². The van der Waals surface area contributed by atoms with Crippen molar-refractivity contribution in [1.29, 1.82) is 0 Å². The Bertz CT molecular complexity index is 359. The van der Waals surface area contributed by atoms with Gasteiger partial charge in [0.15, 0.2) is 0 Å². The van der Waals surface area contributed by atoms with Gasteiger partial charge >= 0.3 is 5.97 Å². The predicted octanol–water partition coefficient (Wildman–Crippen LogP) is 1.50. The molecule has 0 saturated carbocycles. The van der Waals surface area contributed by atoms with Gasteiger partial charge in [0.05, 0.1) is 17.4 Å². The number of carboxylic acid groups (broad SMARTS) is 1. The van der Waals surface area contributed by atoms with Crippen molar-refractivity contribution in [3.05, 3.63) is 29.6 Å². The van der Waals surface area contributed by atoms with E-state index in [0.717, 1.165) is 19.4 Å². The smallest absolute Gasteiger partial charge is 0.337 e. The maximum Gasteiger partial charge on any atom is 0.337 e. The van der Waals surface area contributed by atoms with E-state index in [-0.39, 0.29) is 11.7 Å². The van der Waals surface area contributed by atoms with Gasteiger partial charge in [-0.1, -0.05) is 0 Å². The summed E-state index contributed by atoms with van der Waals surface area (Å²) in [4.78, 5) is 15.0. The first-order chi connectivity index (χ1) is 7.27. The third-order valence-corrected chi connectivity index (χ3v) is 2.57. The van der Waals surface area contributed by atoms with Crippen molar-refractivity contribution in [2.75, 3.05) is 6.61 Å². The molecule has 0 radical (unpaired) electrons. The van der Waals surface area contributed by atoms with E-state index in [4.69, 9.17) is 9.84 Å². The molecule has 1 saturated heterocycles. The Labute approximate surface area is 87.9 Å². The van der Waals surface area contributed by atoms with E-state index in [0.29, 0.717) is 12.1 Å². The van der Waals surface area contributed by atoms with Crippen LogP contribution in [0.15, 0.2) is 18.3 Å². The lowest BCUT2D eigenvalue weighted by molar-refractivity contribution is 0.0692. The molecule has 80 valence electrons. The number of nitrogens with zero attached hydrogens (tertiary/aromatic N) is 1. The zero-order valence-corrected chi connectivity index (χ0v) is 8.35. The third-order valence-electron chi connectivity index (χ3n) is 2.57. The number of carbonyl (C=O) groups is 1. The molecule has 1 aliphatic heterocycles. The minimum Gasteiger partial charge on any atom is -0.478 e. The first kappa shape index (κ1) is 10.1. The second kappa shape index (κ2) is 4.40. The molecule has 4 nitrogen and oxygen atoms in total. The molecule has 1 aromatic rings. The van der Waals surface area contributed by atoms with Gasteiger partial charge in [-0.2, -0.15) is 0 Å². The zero-order chi connectivity index (χ0) is 10.7. The molecule has 1 atom stereocenters. The number of carboxylic acids is 1. The summed E-state index contributed by atoms with van der Waals surface area (Å²) in [6.45, 7) is 0.778. The SMILES string of the molecule is O=C(O)c1cccnc1CC1CCCO1. The van der Waals surface area contributed by atoms with Crippen molar-refractivity contribution in [3.63, 3.8) is 0 Å². The van der Waals surface area contributed by atoms with E-state index in [1.165, 1.54) is 0 Å².